The molecule has 0 aliphatic heterocycles. The molecule has 0 aliphatic rings. The van der Waals surface area contributed by atoms with Gasteiger partial charge in [0.1, 0.15) is 0 Å². The molecule has 0 saturated carbocycles. The molecule has 5 nitrogen and oxygen atoms in total. The number of esters is 1. The van der Waals surface area contributed by atoms with E-state index in [4.69, 9.17) is 0 Å². The van der Waals surface area contributed by atoms with Crippen LogP contribution in [0.5, 0.6) is 0 Å². The molecule has 0 fully saturated rings. The highest BCUT2D eigenvalue weighted by Crippen LogP contribution is 1.94. The zero-order valence-corrected chi connectivity index (χ0v) is 7.09. The summed E-state index contributed by atoms with van der Waals surface area (Å²) < 4.78 is 4.23. The minimum Gasteiger partial charge on any atom is -0.397 e. The van der Waals surface area contributed by atoms with Crippen LogP contribution in [0.1, 0.15) is 0 Å². The van der Waals surface area contributed by atoms with Gasteiger partial charge in [-0.05, 0) is 12.5 Å². The molecule has 0 unspecified atom stereocenters. The Morgan fingerprint density at radius 1 is 1.73 bits per heavy atom. The Balaban J connectivity index is 3.71. The van der Waals surface area contributed by atoms with E-state index in [9.17, 15) is 14.9 Å². The minimum atomic E-state index is -0.757. The summed E-state index contributed by atoms with van der Waals surface area (Å²) >= 11 is 0. The summed E-state index contributed by atoms with van der Waals surface area (Å²) in [4.78, 5) is 19.6. The molecular weight excluding hydrogens is 170 g/mol. The second-order valence-electron chi connectivity index (χ2n) is 1.92. The highest BCUT2D eigenvalue weighted by molar-refractivity contribution is 8.14. The Morgan fingerprint density at radius 2 is 2.27 bits per heavy atom. The zero-order valence-electron chi connectivity index (χ0n) is 6.27. The van der Waals surface area contributed by atoms with Gasteiger partial charge in [-0.15, -0.1) is 0 Å². The molecule has 0 saturated heterocycles. The second kappa shape index (κ2) is 4.84. The maximum atomic E-state index is 10.6. The maximum absolute atomic E-state index is 10.6. The monoisotopic (exact) mass is 179 g/mol. The van der Waals surface area contributed by atoms with Gasteiger partial charge in [0.15, 0.2) is 0 Å². The third-order valence-electron chi connectivity index (χ3n) is 0.644. The molecule has 0 aromatic rings. The van der Waals surface area contributed by atoms with Crippen LogP contribution in [-0.4, -0.2) is 35.5 Å². The van der Waals surface area contributed by atoms with Crippen molar-refractivity contribution in [3.05, 3.63) is 10.1 Å². The van der Waals surface area contributed by atoms with Gasteiger partial charge in [0.25, 0.3) is 0 Å². The number of rotatable bonds is 3. The lowest BCUT2D eigenvalue weighted by molar-refractivity contribution is -0.518. The van der Waals surface area contributed by atoms with Gasteiger partial charge in [-0.25, -0.2) is 4.79 Å². The van der Waals surface area contributed by atoms with Gasteiger partial charge in [0, 0.05) is 5.37 Å². The number of ether oxygens (including phenoxy) is 1. The van der Waals surface area contributed by atoms with Crippen LogP contribution in [0.2, 0.25) is 0 Å². The first kappa shape index (κ1) is 10.1. The fourth-order valence-corrected chi connectivity index (χ4v) is 0.796. The summed E-state index contributed by atoms with van der Waals surface area (Å²) in [6, 6.07) is 0. The van der Waals surface area contributed by atoms with E-state index in [0.717, 1.165) is 0 Å². The van der Waals surface area contributed by atoms with Crippen molar-refractivity contribution in [1.29, 1.82) is 0 Å². The van der Waals surface area contributed by atoms with Crippen LogP contribution in [0.3, 0.4) is 0 Å². The highest BCUT2D eigenvalue weighted by Gasteiger charge is 2.01. The number of carbonyl (C=O) groups excluding carboxylic acids is 1. The molecule has 11 heavy (non-hydrogen) atoms. The third kappa shape index (κ3) is 6.98. The van der Waals surface area contributed by atoms with Crippen molar-refractivity contribution in [3.8, 4) is 0 Å². The number of nitro groups is 1. The fraction of sp³-hybridized carbons (Fsp3) is 0.600. The summed E-state index contributed by atoms with van der Waals surface area (Å²) in [5.74, 6) is -0.630. The molecule has 0 spiro atoms. The van der Waals surface area contributed by atoms with Crippen LogP contribution in [0.4, 0.5) is 0 Å². The Kier molecular flexibility index (Phi) is 4.44. The van der Waals surface area contributed by atoms with Gasteiger partial charge in [-0.1, -0.05) is 0 Å². The van der Waals surface area contributed by atoms with Crippen LogP contribution in [0.15, 0.2) is 0 Å². The van der Waals surface area contributed by atoms with E-state index in [2.05, 4.69) is 4.74 Å². The van der Waals surface area contributed by atoms with E-state index in [0.29, 0.717) is 0 Å². The standard InChI is InChI=1S/C5H9NO4S/c1-11(2)3-5(7)10-4-6(8)9/h3H,4H2,1-2H3. The largest absolute Gasteiger partial charge is 0.397 e. The van der Waals surface area contributed by atoms with Gasteiger partial charge < -0.3 is 4.74 Å². The number of nitrogens with zero attached hydrogens (tertiary/aromatic N) is 1. The molecule has 0 radical (unpaired) electrons. The van der Waals surface area contributed by atoms with Crippen LogP contribution in [0, 0.1) is 10.1 Å². The normalized spacial score (nSPS) is 9.36. The van der Waals surface area contributed by atoms with Gasteiger partial charge in [-0.3, -0.25) is 10.1 Å². The van der Waals surface area contributed by atoms with Gasteiger partial charge in [0.2, 0.25) is 0 Å². The molecule has 6 heteroatoms. The van der Waals surface area contributed by atoms with E-state index in [1.807, 2.05) is 12.5 Å². The molecule has 0 rings (SSSR count). The van der Waals surface area contributed by atoms with Gasteiger partial charge in [-0.2, -0.15) is 10.5 Å². The van der Waals surface area contributed by atoms with E-state index in [1.165, 1.54) is 5.37 Å². The van der Waals surface area contributed by atoms with E-state index in [1.54, 1.807) is 0 Å². The maximum Gasteiger partial charge on any atom is 0.346 e. The fourth-order valence-electron chi connectivity index (χ4n) is 0.343. The van der Waals surface area contributed by atoms with Gasteiger partial charge >= 0.3 is 12.7 Å². The Labute approximate surface area is 66.4 Å². The highest BCUT2D eigenvalue weighted by atomic mass is 32.2. The lowest BCUT2D eigenvalue weighted by atomic mass is 10.8. The van der Waals surface area contributed by atoms with Crippen LogP contribution < -0.4 is 0 Å². The van der Waals surface area contributed by atoms with E-state index < -0.39 is 17.6 Å². The smallest absolute Gasteiger partial charge is 0.346 e. The first-order chi connectivity index (χ1) is 5.02. The Hall–Kier alpha value is -0.910. The minimum absolute atomic E-state index is 0.183. The predicted molar refractivity (Wildman–Crippen MR) is 43.5 cm³/mol. The third-order valence-corrected chi connectivity index (χ3v) is 1.31. The molecular formula is C5H9NO4S. The molecule has 0 amide bonds. The van der Waals surface area contributed by atoms with Crippen molar-refractivity contribution >= 4 is 21.8 Å². The summed E-state index contributed by atoms with van der Waals surface area (Å²) in [7, 11) is -0.183. The van der Waals surface area contributed by atoms with Crippen molar-refractivity contribution in [2.45, 2.75) is 0 Å². The second-order valence-corrected chi connectivity index (χ2v) is 3.92. The van der Waals surface area contributed by atoms with Crippen LogP contribution in [-0.2, 0) is 9.53 Å². The summed E-state index contributed by atoms with van der Waals surface area (Å²) in [6.45, 7) is -0.757. The van der Waals surface area contributed by atoms with Crippen LogP contribution >= 0.6 is 10.5 Å². The van der Waals surface area contributed by atoms with Crippen molar-refractivity contribution in [3.63, 3.8) is 0 Å². The number of hydrogen-bond donors (Lipinski definition) is 0. The molecule has 0 atom stereocenters. The molecule has 0 bridgehead atoms. The summed E-state index contributed by atoms with van der Waals surface area (Å²) in [5, 5.41) is 11.0. The van der Waals surface area contributed by atoms with Gasteiger partial charge in [0.05, 0.1) is 4.92 Å². The molecule has 0 aliphatic carbocycles. The van der Waals surface area contributed by atoms with Crippen molar-refractivity contribution in [2.24, 2.45) is 0 Å². The lowest BCUT2D eigenvalue weighted by Crippen LogP contribution is -2.12. The summed E-state index contributed by atoms with van der Waals surface area (Å²) in [5.41, 5.74) is 0. The molecule has 0 N–H and O–H groups in total. The van der Waals surface area contributed by atoms with Crippen molar-refractivity contribution < 1.29 is 14.5 Å². The van der Waals surface area contributed by atoms with Crippen LogP contribution in [0.25, 0.3) is 0 Å². The SMILES string of the molecule is CS(C)=CC(=O)OC[N+](=O)[O-]. The molecule has 0 heterocycles. The first-order valence-corrected chi connectivity index (χ1v) is 4.82. The topological polar surface area (TPSA) is 69.4 Å². The molecule has 0 aromatic heterocycles. The zero-order chi connectivity index (χ0) is 8.85. The predicted octanol–water partition coefficient (Wildman–Crippen LogP) is 0.0945. The van der Waals surface area contributed by atoms with E-state index >= 15 is 0 Å². The quantitative estimate of drug-likeness (QED) is 0.202. The summed E-state index contributed by atoms with van der Waals surface area (Å²) in [6.07, 6.45) is 3.63. The number of hydrogen-bond acceptors (Lipinski definition) is 4. The Morgan fingerprint density at radius 3 is 2.64 bits per heavy atom. The first-order valence-electron chi connectivity index (χ1n) is 2.72. The lowest BCUT2D eigenvalue weighted by Gasteiger charge is -1.94. The van der Waals surface area contributed by atoms with E-state index in [-0.39, 0.29) is 10.5 Å². The van der Waals surface area contributed by atoms with Crippen molar-refractivity contribution in [1.82, 2.24) is 0 Å². The molecule has 0 aromatic carbocycles. The average molecular weight is 179 g/mol. The Bertz CT molecular complexity index is 197. The van der Waals surface area contributed by atoms with Crippen molar-refractivity contribution in [2.75, 3.05) is 19.2 Å². The molecule has 64 valence electrons. The number of carbonyl (C=O) groups is 1. The average Bonchev–Trinajstić information content (AvgIpc) is 1.82.